The van der Waals surface area contributed by atoms with Gasteiger partial charge in [-0.1, -0.05) is 23.2 Å². The van der Waals surface area contributed by atoms with E-state index < -0.39 is 79.0 Å². The first-order chi connectivity index (χ1) is 20.3. The second-order valence-electron chi connectivity index (χ2n) is 9.04. The molecule has 2 heterocycles. The fourth-order valence-corrected chi connectivity index (χ4v) is 10.2. The summed E-state index contributed by atoms with van der Waals surface area (Å²) in [5.41, 5.74) is 0.0746. The molecule has 2 aromatic carbocycles. The number of thioether (sulfide) groups is 1. The number of hydrogen-bond donors (Lipinski definition) is 5. The zero-order chi connectivity index (χ0) is 34.5. The van der Waals surface area contributed by atoms with Crippen molar-refractivity contribution in [2.24, 2.45) is 10.3 Å². The Balaban J connectivity index is 0.000000251. The first-order valence-corrected chi connectivity index (χ1v) is 20.2. The van der Waals surface area contributed by atoms with Crippen LogP contribution in [0, 0.1) is 0 Å². The molecule has 2 atom stereocenters. The van der Waals surface area contributed by atoms with Crippen molar-refractivity contribution in [1.82, 2.24) is 9.03 Å². The summed E-state index contributed by atoms with van der Waals surface area (Å²) in [5, 5.41) is 14.9. The number of benzene rings is 2. The molecule has 0 radical (unpaired) electrons. The van der Waals surface area contributed by atoms with Gasteiger partial charge >= 0.3 is 6.18 Å². The third-order valence-electron chi connectivity index (χ3n) is 5.78. The zero-order valence-corrected chi connectivity index (χ0v) is 29.1. The maximum Gasteiger partial charge on any atom is 0.397 e. The molecule has 2 aromatic rings. The van der Waals surface area contributed by atoms with Crippen molar-refractivity contribution in [2.75, 3.05) is 29.2 Å². The van der Waals surface area contributed by atoms with E-state index in [1.165, 1.54) is 7.05 Å². The predicted octanol–water partition coefficient (Wildman–Crippen LogP) is 2.48. The van der Waals surface area contributed by atoms with E-state index in [0.717, 1.165) is 28.6 Å². The second-order valence-corrected chi connectivity index (χ2v) is 18.8. The Bertz CT molecular complexity index is 1940. The van der Waals surface area contributed by atoms with Crippen LogP contribution in [0.4, 0.5) is 24.5 Å². The predicted molar refractivity (Wildman–Crippen MR) is 165 cm³/mol. The molecule has 45 heavy (non-hydrogen) atoms. The Morgan fingerprint density at radius 3 is 1.82 bits per heavy atom. The third kappa shape index (κ3) is 9.12. The third-order valence-corrected chi connectivity index (χ3v) is 13.5. The van der Waals surface area contributed by atoms with Gasteiger partial charge in [-0.25, -0.2) is 43.9 Å². The lowest BCUT2D eigenvalue weighted by Gasteiger charge is -2.35. The molecule has 26 heteroatoms. The van der Waals surface area contributed by atoms with E-state index in [4.69, 9.17) is 56.7 Å². The molecule has 254 valence electrons. The number of rotatable bonds is 6. The van der Waals surface area contributed by atoms with E-state index in [9.17, 15) is 46.8 Å². The molecule has 2 aliphatic rings. The molecule has 0 saturated carbocycles. The zero-order valence-electron chi connectivity index (χ0n) is 22.0. The fraction of sp³-hybridized carbons (Fsp3) is 0.368. The van der Waals surface area contributed by atoms with Crippen LogP contribution in [0.5, 0.6) is 0 Å². The van der Waals surface area contributed by atoms with E-state index in [-0.39, 0.29) is 37.0 Å². The number of sulfonamides is 4. The molecular formula is C19H21Cl4F3N6O8S5. The topological polar surface area (TPSA) is 228 Å². The largest absolute Gasteiger partial charge is 0.397 e. The van der Waals surface area contributed by atoms with Gasteiger partial charge in [0.05, 0.1) is 27.2 Å². The second kappa shape index (κ2) is 13.5. The molecule has 0 amide bonds. The molecule has 0 spiro atoms. The monoisotopic (exact) mass is 818 g/mol. The minimum absolute atomic E-state index is 0.00638. The van der Waals surface area contributed by atoms with Gasteiger partial charge < -0.3 is 10.6 Å². The van der Waals surface area contributed by atoms with Crippen molar-refractivity contribution >= 4 is 110 Å². The highest BCUT2D eigenvalue weighted by molar-refractivity contribution is 7.99. The molecule has 7 N–H and O–H groups in total. The van der Waals surface area contributed by atoms with Crippen LogP contribution in [0.2, 0.25) is 10.0 Å². The molecule has 0 aliphatic carbocycles. The van der Waals surface area contributed by atoms with Gasteiger partial charge in [0, 0.05) is 12.8 Å². The normalized spacial score (nSPS) is 21.0. The molecule has 0 bridgehead atoms. The van der Waals surface area contributed by atoms with Gasteiger partial charge in [0.15, 0.2) is 0 Å². The Morgan fingerprint density at radius 1 is 0.911 bits per heavy atom. The average Bonchev–Trinajstić information content (AvgIpc) is 2.84. The van der Waals surface area contributed by atoms with Crippen LogP contribution in [0.15, 0.2) is 43.8 Å². The Labute approximate surface area is 280 Å². The standard InChI is InChI=1S/C11H13ClF3N3O4S3.C8H8Cl3N3O4S2/c1-18-10(4-23-5-11(13,14)15)17-7-2-6(12)8(24(16,19)20)3-9(7)25(18,21)22;9-3-1-4-6(2-5(3)19(12,15)16)20(17,18)14-8(13-4)7(10)11/h2-3,10,17H,4-5H2,1H3,(H2,16,19,20);1-2,7-8,13-14H,(H2,12,15,16). The maximum absolute atomic E-state index is 12.5. The fourth-order valence-electron chi connectivity index (χ4n) is 3.73. The van der Waals surface area contributed by atoms with E-state index in [2.05, 4.69) is 15.4 Å². The van der Waals surface area contributed by atoms with E-state index in [0.29, 0.717) is 11.8 Å². The Hall–Kier alpha value is -1.02. The van der Waals surface area contributed by atoms with Gasteiger partial charge in [0.2, 0.25) is 40.1 Å². The summed E-state index contributed by atoms with van der Waals surface area (Å²) in [6, 6.07) is 3.90. The quantitative estimate of drug-likeness (QED) is 0.266. The maximum atomic E-state index is 12.5. The lowest BCUT2D eigenvalue weighted by molar-refractivity contribution is -0.105. The van der Waals surface area contributed by atoms with Crippen LogP contribution in [0.1, 0.15) is 0 Å². The highest BCUT2D eigenvalue weighted by Gasteiger charge is 2.38. The number of primary sulfonamides is 2. The van der Waals surface area contributed by atoms with Crippen LogP contribution in [0.3, 0.4) is 0 Å². The van der Waals surface area contributed by atoms with E-state index in [1.807, 2.05) is 0 Å². The summed E-state index contributed by atoms with van der Waals surface area (Å²) >= 11 is 23.4. The van der Waals surface area contributed by atoms with Crippen LogP contribution in [-0.2, 0) is 40.1 Å². The highest BCUT2D eigenvalue weighted by atomic mass is 35.5. The molecule has 4 rings (SSSR count). The molecule has 2 unspecified atom stereocenters. The summed E-state index contributed by atoms with van der Waals surface area (Å²) in [4.78, 5) is -2.79. The lowest BCUT2D eigenvalue weighted by Crippen LogP contribution is -2.48. The van der Waals surface area contributed by atoms with Gasteiger partial charge in [-0.3, -0.25) is 0 Å². The van der Waals surface area contributed by atoms with E-state index >= 15 is 0 Å². The number of nitrogens with one attached hydrogen (secondary N) is 3. The van der Waals surface area contributed by atoms with Gasteiger partial charge in [0.1, 0.15) is 36.7 Å². The Morgan fingerprint density at radius 2 is 1.38 bits per heavy atom. The van der Waals surface area contributed by atoms with Crippen LogP contribution in [0.25, 0.3) is 0 Å². The number of hydrogen-bond acceptors (Lipinski definition) is 11. The lowest BCUT2D eigenvalue weighted by atomic mass is 10.3. The van der Waals surface area contributed by atoms with Gasteiger partial charge in [0.25, 0.3) is 0 Å². The van der Waals surface area contributed by atoms with Crippen LogP contribution < -0.4 is 25.6 Å². The summed E-state index contributed by atoms with van der Waals surface area (Å²) in [7, 11) is -15.4. The summed E-state index contributed by atoms with van der Waals surface area (Å²) in [5.74, 6) is -1.31. The number of alkyl halides is 5. The van der Waals surface area contributed by atoms with Gasteiger partial charge in [-0.2, -0.15) is 22.2 Å². The highest BCUT2D eigenvalue weighted by Crippen LogP contribution is 2.38. The number of nitrogens with two attached hydrogens (primary N) is 2. The van der Waals surface area contributed by atoms with Crippen molar-refractivity contribution in [3.05, 3.63) is 34.3 Å². The van der Waals surface area contributed by atoms with Crippen molar-refractivity contribution in [2.45, 2.75) is 42.9 Å². The average molecular weight is 821 g/mol. The molecule has 14 nitrogen and oxygen atoms in total. The molecule has 0 saturated heterocycles. The van der Waals surface area contributed by atoms with Crippen molar-refractivity contribution in [1.29, 1.82) is 0 Å². The van der Waals surface area contributed by atoms with Gasteiger partial charge in [-0.15, -0.1) is 35.0 Å². The SMILES string of the molecule is CN1C(CSCC(F)(F)F)Nc2cc(Cl)c(S(N)(=O)=O)cc2S1(=O)=O.NS(=O)(=O)c1cc2c(cc1Cl)NC(C(Cl)Cl)NS2(=O)=O. The summed E-state index contributed by atoms with van der Waals surface area (Å²) in [6.45, 7) is 0. The minimum atomic E-state index is -4.37. The molecule has 0 fully saturated rings. The number of halogens is 7. The first kappa shape index (κ1) is 38.4. The summed E-state index contributed by atoms with van der Waals surface area (Å²) in [6.07, 6.45) is -6.30. The number of nitrogens with zero attached hydrogens (tertiary/aromatic N) is 1. The smallest absolute Gasteiger partial charge is 0.367 e. The van der Waals surface area contributed by atoms with Crippen LogP contribution >= 0.6 is 58.2 Å². The molecule has 0 aromatic heterocycles. The van der Waals surface area contributed by atoms with E-state index in [1.54, 1.807) is 0 Å². The minimum Gasteiger partial charge on any atom is -0.367 e. The first-order valence-electron chi connectivity index (χ1n) is 11.4. The van der Waals surface area contributed by atoms with Crippen molar-refractivity contribution in [3.63, 3.8) is 0 Å². The van der Waals surface area contributed by atoms with Crippen LogP contribution in [-0.4, -0.2) is 79.9 Å². The molecular weight excluding hydrogens is 799 g/mol. The van der Waals surface area contributed by atoms with Crippen molar-refractivity contribution in [3.8, 4) is 0 Å². The number of anilines is 2. The molecule has 2 aliphatic heterocycles. The van der Waals surface area contributed by atoms with Crippen molar-refractivity contribution < 1.29 is 46.8 Å². The number of fused-ring (bicyclic) bond motifs is 2. The Kier molecular flexibility index (Phi) is 11.5. The summed E-state index contributed by atoms with van der Waals surface area (Å²) < 4.78 is 135. The van der Waals surface area contributed by atoms with Gasteiger partial charge in [-0.05, 0) is 24.3 Å².